The summed E-state index contributed by atoms with van der Waals surface area (Å²) in [5.41, 5.74) is 0. The molecule has 0 atom stereocenters. The van der Waals surface area contributed by atoms with Crippen LogP contribution >= 0.6 is 0 Å². The lowest BCUT2D eigenvalue weighted by Gasteiger charge is -2.33. The van der Waals surface area contributed by atoms with Crippen LogP contribution in [-0.2, 0) is 16.1 Å². The highest BCUT2D eigenvalue weighted by atomic mass is 16.5. The largest absolute Gasteiger partial charge is 0.461 e. The van der Waals surface area contributed by atoms with Gasteiger partial charge in [-0.1, -0.05) is 5.16 Å². The topological polar surface area (TPSA) is 96.9 Å². The summed E-state index contributed by atoms with van der Waals surface area (Å²) in [6.45, 7) is 5.46. The fourth-order valence-electron chi connectivity index (χ4n) is 2.67. The van der Waals surface area contributed by atoms with Gasteiger partial charge in [-0.15, -0.1) is 0 Å². The lowest BCUT2D eigenvalue weighted by atomic mass is 10.3. The number of aromatic nitrogens is 2. The van der Waals surface area contributed by atoms with Gasteiger partial charge in [-0.2, -0.15) is 4.98 Å². The monoisotopic (exact) mass is 349 g/mol. The van der Waals surface area contributed by atoms with Crippen LogP contribution < -0.4 is 5.32 Å². The zero-order valence-corrected chi connectivity index (χ0v) is 14.3. The van der Waals surface area contributed by atoms with Gasteiger partial charge in [0.25, 0.3) is 0 Å². The molecule has 1 amide bonds. The lowest BCUT2D eigenvalue weighted by Crippen LogP contribution is -2.49. The Kier molecular flexibility index (Phi) is 6.15. The van der Waals surface area contributed by atoms with Crippen molar-refractivity contribution in [2.75, 3.05) is 53.0 Å². The van der Waals surface area contributed by atoms with Gasteiger partial charge in [0, 0.05) is 39.8 Å². The van der Waals surface area contributed by atoms with Crippen molar-refractivity contribution in [1.82, 2.24) is 25.3 Å². The summed E-state index contributed by atoms with van der Waals surface area (Å²) in [7, 11) is 1.62. The second kappa shape index (κ2) is 8.75. The third-order valence-corrected chi connectivity index (χ3v) is 4.03. The highest BCUT2D eigenvalue weighted by Crippen LogP contribution is 2.16. The average Bonchev–Trinajstić information content (AvgIpc) is 3.28. The molecule has 0 aliphatic carbocycles. The van der Waals surface area contributed by atoms with E-state index in [1.54, 1.807) is 25.5 Å². The van der Waals surface area contributed by atoms with Crippen LogP contribution in [0.25, 0.3) is 11.6 Å². The number of piperazine rings is 1. The van der Waals surface area contributed by atoms with Crippen molar-refractivity contribution < 1.29 is 18.5 Å². The fourth-order valence-corrected chi connectivity index (χ4v) is 2.67. The molecule has 9 heteroatoms. The van der Waals surface area contributed by atoms with Gasteiger partial charge in [-0.05, 0) is 12.1 Å². The van der Waals surface area contributed by atoms with E-state index in [1.165, 1.54) is 0 Å². The van der Waals surface area contributed by atoms with Crippen LogP contribution in [0, 0.1) is 0 Å². The Balaban J connectivity index is 1.40. The number of amides is 1. The molecule has 9 nitrogen and oxygen atoms in total. The molecule has 1 fully saturated rings. The van der Waals surface area contributed by atoms with E-state index in [0.717, 1.165) is 26.2 Å². The minimum absolute atomic E-state index is 0.0329. The molecule has 0 bridgehead atoms. The molecular formula is C16H23N5O4. The van der Waals surface area contributed by atoms with E-state index in [1.807, 2.05) is 0 Å². The van der Waals surface area contributed by atoms with E-state index in [4.69, 9.17) is 13.7 Å². The lowest BCUT2D eigenvalue weighted by molar-refractivity contribution is -0.122. The average molecular weight is 349 g/mol. The normalized spacial score (nSPS) is 16.2. The van der Waals surface area contributed by atoms with Crippen molar-refractivity contribution >= 4 is 5.91 Å². The molecule has 25 heavy (non-hydrogen) atoms. The number of carbonyl (C=O) groups is 1. The Morgan fingerprint density at radius 3 is 2.84 bits per heavy atom. The summed E-state index contributed by atoms with van der Waals surface area (Å²) < 4.78 is 15.5. The zero-order valence-electron chi connectivity index (χ0n) is 14.3. The van der Waals surface area contributed by atoms with Crippen molar-refractivity contribution in [2.24, 2.45) is 0 Å². The highest BCUT2D eigenvalue weighted by Gasteiger charge is 2.21. The summed E-state index contributed by atoms with van der Waals surface area (Å²) in [4.78, 5) is 20.5. The molecule has 1 N–H and O–H groups in total. The zero-order chi connectivity index (χ0) is 17.5. The number of carbonyl (C=O) groups excluding carboxylic acids is 1. The number of hydrogen-bond acceptors (Lipinski definition) is 8. The van der Waals surface area contributed by atoms with Gasteiger partial charge in [-0.25, -0.2) is 0 Å². The standard InChI is InChI=1S/C16H23N5O4/c1-23-10-4-17-14(22)11-20-5-7-21(8-6-20)12-15-18-16(19-25-15)13-3-2-9-24-13/h2-3,9H,4-8,10-12H2,1H3,(H,17,22). The van der Waals surface area contributed by atoms with E-state index >= 15 is 0 Å². The molecule has 136 valence electrons. The summed E-state index contributed by atoms with van der Waals surface area (Å²) in [5.74, 6) is 1.66. The molecule has 3 rings (SSSR count). The smallest absolute Gasteiger partial charge is 0.241 e. The van der Waals surface area contributed by atoms with Crippen LogP contribution in [0.2, 0.25) is 0 Å². The fraction of sp³-hybridized carbons (Fsp3) is 0.562. The van der Waals surface area contributed by atoms with E-state index in [0.29, 0.717) is 43.7 Å². The third-order valence-electron chi connectivity index (χ3n) is 4.03. The van der Waals surface area contributed by atoms with E-state index in [-0.39, 0.29) is 5.91 Å². The number of furan rings is 1. The van der Waals surface area contributed by atoms with Crippen LogP contribution in [0.3, 0.4) is 0 Å². The molecule has 1 aliphatic heterocycles. The minimum atomic E-state index is 0.0329. The summed E-state index contributed by atoms with van der Waals surface area (Å²) in [6, 6.07) is 3.58. The molecule has 1 aliphatic rings. The van der Waals surface area contributed by atoms with Gasteiger partial charge >= 0.3 is 0 Å². The number of hydrogen-bond donors (Lipinski definition) is 1. The molecular weight excluding hydrogens is 326 g/mol. The Labute approximate surface area is 145 Å². The van der Waals surface area contributed by atoms with Gasteiger partial charge in [0.15, 0.2) is 5.76 Å². The van der Waals surface area contributed by atoms with E-state index in [9.17, 15) is 4.79 Å². The molecule has 0 spiro atoms. The number of nitrogens with zero attached hydrogens (tertiary/aromatic N) is 4. The molecule has 0 aromatic carbocycles. The molecule has 1 saturated heterocycles. The van der Waals surface area contributed by atoms with Gasteiger partial charge in [-0.3, -0.25) is 14.6 Å². The van der Waals surface area contributed by atoms with Gasteiger partial charge in [0.1, 0.15) is 0 Å². The second-order valence-electron chi connectivity index (χ2n) is 5.88. The first-order valence-corrected chi connectivity index (χ1v) is 8.31. The Hall–Kier alpha value is -2.23. The van der Waals surface area contributed by atoms with Crippen LogP contribution in [0.15, 0.2) is 27.3 Å². The maximum absolute atomic E-state index is 11.8. The van der Waals surface area contributed by atoms with E-state index in [2.05, 4.69) is 25.3 Å². The first-order chi connectivity index (χ1) is 12.2. The quantitative estimate of drug-likeness (QED) is 0.676. The maximum Gasteiger partial charge on any atom is 0.241 e. The van der Waals surface area contributed by atoms with Crippen molar-refractivity contribution in [3.63, 3.8) is 0 Å². The Morgan fingerprint density at radius 1 is 1.32 bits per heavy atom. The maximum atomic E-state index is 11.8. The first-order valence-electron chi connectivity index (χ1n) is 8.31. The van der Waals surface area contributed by atoms with Gasteiger partial charge < -0.3 is 19.0 Å². The van der Waals surface area contributed by atoms with E-state index < -0.39 is 0 Å². The number of methoxy groups -OCH3 is 1. The SMILES string of the molecule is COCCNC(=O)CN1CCN(Cc2nc(-c3ccco3)no2)CC1. The summed E-state index contributed by atoms with van der Waals surface area (Å²) in [6.07, 6.45) is 1.58. The van der Waals surface area contributed by atoms with Crippen LogP contribution in [0.5, 0.6) is 0 Å². The predicted octanol–water partition coefficient (Wildman–Crippen LogP) is 0.210. The Bertz CT molecular complexity index is 649. The molecule has 0 saturated carbocycles. The van der Waals surface area contributed by atoms with Crippen LogP contribution in [0.1, 0.15) is 5.89 Å². The van der Waals surface area contributed by atoms with Crippen molar-refractivity contribution in [2.45, 2.75) is 6.54 Å². The Morgan fingerprint density at radius 2 is 2.12 bits per heavy atom. The van der Waals surface area contributed by atoms with Crippen LogP contribution in [0.4, 0.5) is 0 Å². The third kappa shape index (κ3) is 5.12. The van der Waals surface area contributed by atoms with Crippen molar-refractivity contribution in [3.8, 4) is 11.6 Å². The van der Waals surface area contributed by atoms with Crippen molar-refractivity contribution in [1.29, 1.82) is 0 Å². The number of rotatable bonds is 8. The minimum Gasteiger partial charge on any atom is -0.461 e. The molecule has 2 aromatic heterocycles. The molecule has 0 radical (unpaired) electrons. The molecule has 2 aromatic rings. The van der Waals surface area contributed by atoms with Crippen molar-refractivity contribution in [3.05, 3.63) is 24.3 Å². The van der Waals surface area contributed by atoms with Gasteiger partial charge in [0.2, 0.25) is 17.6 Å². The summed E-state index contributed by atoms with van der Waals surface area (Å²) in [5, 5.41) is 6.77. The molecule has 3 heterocycles. The first kappa shape index (κ1) is 17.6. The number of nitrogens with one attached hydrogen (secondary N) is 1. The van der Waals surface area contributed by atoms with Crippen LogP contribution in [-0.4, -0.2) is 78.8 Å². The molecule has 0 unspecified atom stereocenters. The summed E-state index contributed by atoms with van der Waals surface area (Å²) >= 11 is 0. The highest BCUT2D eigenvalue weighted by molar-refractivity contribution is 5.78. The van der Waals surface area contributed by atoms with Gasteiger partial charge in [0.05, 0.1) is 26.0 Å². The number of ether oxygens (including phenoxy) is 1. The second-order valence-corrected chi connectivity index (χ2v) is 5.88. The predicted molar refractivity (Wildman–Crippen MR) is 88.6 cm³/mol.